The van der Waals surface area contributed by atoms with Crippen LogP contribution in [0.25, 0.3) is 0 Å². The standard InChI is InChI=1S/C11H14Cl3N.ClH/c1-6(2)3-10(15)8-4-7(12)5-9(13)11(8)14;/h4-6,10H,3,15H2,1-2H3;1H/t10-;/m0./s1. The Morgan fingerprint density at radius 3 is 2.25 bits per heavy atom. The van der Waals surface area contributed by atoms with Gasteiger partial charge in [-0.2, -0.15) is 0 Å². The number of halogens is 4. The highest BCUT2D eigenvalue weighted by molar-refractivity contribution is 6.43. The molecule has 0 spiro atoms. The molecule has 92 valence electrons. The molecule has 0 saturated carbocycles. The van der Waals surface area contributed by atoms with E-state index in [9.17, 15) is 0 Å². The van der Waals surface area contributed by atoms with E-state index in [1.54, 1.807) is 12.1 Å². The van der Waals surface area contributed by atoms with Crippen LogP contribution in [0.3, 0.4) is 0 Å². The molecule has 0 aromatic heterocycles. The molecular weight excluding hydrogens is 288 g/mol. The molecule has 2 N–H and O–H groups in total. The monoisotopic (exact) mass is 301 g/mol. The molecule has 1 atom stereocenters. The second-order valence-electron chi connectivity index (χ2n) is 4.03. The molecular formula is C11H15Cl4N. The van der Waals surface area contributed by atoms with Gasteiger partial charge in [-0.05, 0) is 30.0 Å². The smallest absolute Gasteiger partial charge is 0.0641 e. The quantitative estimate of drug-likeness (QED) is 0.771. The van der Waals surface area contributed by atoms with Gasteiger partial charge < -0.3 is 5.73 Å². The van der Waals surface area contributed by atoms with Gasteiger partial charge in [-0.25, -0.2) is 0 Å². The molecule has 0 heterocycles. The Balaban J connectivity index is 0.00000225. The lowest BCUT2D eigenvalue weighted by molar-refractivity contribution is 0.510. The molecule has 0 saturated heterocycles. The summed E-state index contributed by atoms with van der Waals surface area (Å²) in [4.78, 5) is 0. The van der Waals surface area contributed by atoms with E-state index in [-0.39, 0.29) is 18.4 Å². The van der Waals surface area contributed by atoms with Crippen molar-refractivity contribution in [3.8, 4) is 0 Å². The maximum atomic E-state index is 6.07. The highest BCUT2D eigenvalue weighted by Gasteiger charge is 2.15. The van der Waals surface area contributed by atoms with Crippen LogP contribution in [-0.4, -0.2) is 0 Å². The molecule has 0 radical (unpaired) electrons. The fourth-order valence-corrected chi connectivity index (χ4v) is 2.24. The summed E-state index contributed by atoms with van der Waals surface area (Å²) in [7, 11) is 0. The molecule has 0 aliphatic carbocycles. The summed E-state index contributed by atoms with van der Waals surface area (Å²) in [6, 6.07) is 3.29. The predicted molar refractivity (Wildman–Crippen MR) is 75.1 cm³/mol. The molecule has 1 nitrogen and oxygen atoms in total. The molecule has 1 rings (SSSR count). The van der Waals surface area contributed by atoms with Crippen molar-refractivity contribution in [2.75, 3.05) is 0 Å². The van der Waals surface area contributed by atoms with E-state index in [1.807, 2.05) is 0 Å². The Hall–Kier alpha value is 0.340. The average molecular weight is 303 g/mol. The van der Waals surface area contributed by atoms with Gasteiger partial charge in [-0.1, -0.05) is 48.7 Å². The van der Waals surface area contributed by atoms with Gasteiger partial charge in [0, 0.05) is 11.1 Å². The molecule has 0 aliphatic rings. The number of nitrogens with two attached hydrogens (primary N) is 1. The second-order valence-corrected chi connectivity index (χ2v) is 5.25. The minimum atomic E-state index is -0.117. The van der Waals surface area contributed by atoms with Crippen molar-refractivity contribution in [1.29, 1.82) is 0 Å². The van der Waals surface area contributed by atoms with E-state index in [4.69, 9.17) is 40.5 Å². The topological polar surface area (TPSA) is 26.0 Å². The Bertz CT molecular complexity index is 352. The van der Waals surface area contributed by atoms with Crippen molar-refractivity contribution < 1.29 is 0 Å². The van der Waals surface area contributed by atoms with Gasteiger partial charge in [0.25, 0.3) is 0 Å². The fourth-order valence-electron chi connectivity index (χ4n) is 1.48. The van der Waals surface area contributed by atoms with Crippen LogP contribution in [-0.2, 0) is 0 Å². The average Bonchev–Trinajstić information content (AvgIpc) is 2.09. The van der Waals surface area contributed by atoms with Crippen LogP contribution in [0.15, 0.2) is 12.1 Å². The van der Waals surface area contributed by atoms with Crippen molar-refractivity contribution in [2.45, 2.75) is 26.3 Å². The molecule has 5 heteroatoms. The zero-order chi connectivity index (χ0) is 11.6. The number of rotatable bonds is 3. The molecule has 0 bridgehead atoms. The highest BCUT2D eigenvalue weighted by Crippen LogP contribution is 2.34. The summed E-state index contributed by atoms with van der Waals surface area (Å²) >= 11 is 17.9. The second kappa shape index (κ2) is 6.93. The van der Waals surface area contributed by atoms with Crippen molar-refractivity contribution in [3.05, 3.63) is 32.8 Å². The summed E-state index contributed by atoms with van der Waals surface area (Å²) in [5.41, 5.74) is 6.85. The Labute approximate surface area is 118 Å². The molecule has 1 aromatic rings. The third kappa shape index (κ3) is 4.31. The first kappa shape index (κ1) is 16.3. The fraction of sp³-hybridized carbons (Fsp3) is 0.455. The largest absolute Gasteiger partial charge is 0.324 e. The van der Waals surface area contributed by atoms with E-state index >= 15 is 0 Å². The lowest BCUT2D eigenvalue weighted by Crippen LogP contribution is -2.13. The minimum absolute atomic E-state index is 0. The van der Waals surface area contributed by atoms with Gasteiger partial charge in [-0.3, -0.25) is 0 Å². The summed E-state index contributed by atoms with van der Waals surface area (Å²) in [5, 5.41) is 1.53. The summed E-state index contributed by atoms with van der Waals surface area (Å²) in [6.07, 6.45) is 0.858. The summed E-state index contributed by atoms with van der Waals surface area (Å²) in [6.45, 7) is 4.22. The van der Waals surface area contributed by atoms with Crippen molar-refractivity contribution in [2.24, 2.45) is 11.7 Å². The maximum Gasteiger partial charge on any atom is 0.0641 e. The Morgan fingerprint density at radius 2 is 1.75 bits per heavy atom. The van der Waals surface area contributed by atoms with Gasteiger partial charge in [0.1, 0.15) is 0 Å². The van der Waals surface area contributed by atoms with Crippen LogP contribution in [0.1, 0.15) is 31.9 Å². The van der Waals surface area contributed by atoms with Crippen LogP contribution in [0, 0.1) is 5.92 Å². The lowest BCUT2D eigenvalue weighted by atomic mass is 9.98. The summed E-state index contributed by atoms with van der Waals surface area (Å²) in [5.74, 6) is 0.508. The van der Waals surface area contributed by atoms with Gasteiger partial charge in [0.2, 0.25) is 0 Å². The Kier molecular flexibility index (Phi) is 7.07. The molecule has 0 fully saturated rings. The van der Waals surface area contributed by atoms with Crippen molar-refractivity contribution in [3.63, 3.8) is 0 Å². The number of benzene rings is 1. The highest BCUT2D eigenvalue weighted by atomic mass is 35.5. The molecule has 0 unspecified atom stereocenters. The van der Waals surface area contributed by atoms with Crippen LogP contribution in [0.5, 0.6) is 0 Å². The van der Waals surface area contributed by atoms with Crippen LogP contribution in [0.2, 0.25) is 15.1 Å². The Morgan fingerprint density at radius 1 is 1.19 bits per heavy atom. The third-order valence-corrected chi connectivity index (χ3v) is 3.18. The summed E-state index contributed by atoms with van der Waals surface area (Å²) < 4.78 is 0. The normalized spacial score (nSPS) is 12.4. The predicted octanol–water partition coefficient (Wildman–Crippen LogP) is 5.11. The SMILES string of the molecule is CC(C)C[C@H](N)c1cc(Cl)cc(Cl)c1Cl.Cl. The van der Waals surface area contributed by atoms with E-state index in [2.05, 4.69) is 13.8 Å². The zero-order valence-corrected chi connectivity index (χ0v) is 12.2. The molecule has 0 amide bonds. The first-order valence-electron chi connectivity index (χ1n) is 4.81. The zero-order valence-electron chi connectivity index (χ0n) is 9.14. The van der Waals surface area contributed by atoms with Crippen LogP contribution < -0.4 is 5.73 Å². The maximum absolute atomic E-state index is 6.07. The van der Waals surface area contributed by atoms with E-state index < -0.39 is 0 Å². The van der Waals surface area contributed by atoms with Crippen LogP contribution >= 0.6 is 47.2 Å². The minimum Gasteiger partial charge on any atom is -0.324 e. The molecule has 0 aliphatic heterocycles. The van der Waals surface area contributed by atoms with Gasteiger partial charge in [0.15, 0.2) is 0 Å². The first-order chi connectivity index (χ1) is 6.91. The lowest BCUT2D eigenvalue weighted by Gasteiger charge is -2.16. The van der Waals surface area contributed by atoms with Gasteiger partial charge in [-0.15, -0.1) is 12.4 Å². The van der Waals surface area contributed by atoms with Crippen molar-refractivity contribution in [1.82, 2.24) is 0 Å². The third-order valence-electron chi connectivity index (χ3n) is 2.15. The van der Waals surface area contributed by atoms with E-state index in [0.717, 1.165) is 12.0 Å². The van der Waals surface area contributed by atoms with Gasteiger partial charge >= 0.3 is 0 Å². The van der Waals surface area contributed by atoms with Crippen LogP contribution in [0.4, 0.5) is 0 Å². The molecule has 16 heavy (non-hydrogen) atoms. The van der Waals surface area contributed by atoms with Gasteiger partial charge in [0.05, 0.1) is 10.0 Å². The molecule has 1 aromatic carbocycles. The van der Waals surface area contributed by atoms with E-state index in [0.29, 0.717) is 21.0 Å². The first-order valence-corrected chi connectivity index (χ1v) is 5.95. The van der Waals surface area contributed by atoms with E-state index in [1.165, 1.54) is 0 Å². The number of hydrogen-bond acceptors (Lipinski definition) is 1. The number of hydrogen-bond donors (Lipinski definition) is 1. The van der Waals surface area contributed by atoms with Crippen molar-refractivity contribution >= 4 is 47.2 Å².